The van der Waals surface area contributed by atoms with Gasteiger partial charge in [0, 0.05) is 12.6 Å². The fourth-order valence-electron chi connectivity index (χ4n) is 2.41. The fraction of sp³-hybridized carbons (Fsp3) is 0.385. The van der Waals surface area contributed by atoms with Gasteiger partial charge in [-0.05, 0) is 6.92 Å². The van der Waals surface area contributed by atoms with E-state index in [-0.39, 0.29) is 17.6 Å². The molecular weight excluding hydrogens is 548 g/mol. The first-order valence-electron chi connectivity index (χ1n) is 8.41. The summed E-state index contributed by atoms with van der Waals surface area (Å²) in [7, 11) is -13.9. The van der Waals surface area contributed by atoms with Gasteiger partial charge in [0.25, 0.3) is 0 Å². The highest BCUT2D eigenvalue weighted by Crippen LogP contribution is 2.38. The second kappa shape index (κ2) is 12.4. The van der Waals surface area contributed by atoms with Crippen molar-refractivity contribution in [2.45, 2.75) is 31.3 Å². The first kappa shape index (κ1) is 33.2. The maximum Gasteiger partial charge on any atom is 0.466 e. The van der Waals surface area contributed by atoms with Crippen LogP contribution < -0.4 is 5.73 Å². The Morgan fingerprint density at radius 2 is 1.51 bits per heavy atom. The topological polar surface area (TPSA) is 319 Å². The van der Waals surface area contributed by atoms with Crippen LogP contribution in [0.3, 0.4) is 0 Å². The quantitative estimate of drug-likeness (QED) is 0.131. The lowest BCUT2D eigenvalue weighted by Crippen LogP contribution is -2.33. The Bertz CT molecular complexity index is 1110. The third kappa shape index (κ3) is 13.7. The number of aromatic nitrogens is 3. The van der Waals surface area contributed by atoms with Gasteiger partial charge in [0.15, 0.2) is 17.1 Å². The summed E-state index contributed by atoms with van der Waals surface area (Å²) in [5.41, 5.74) is 4.86. The Balaban J connectivity index is 0.000000635. The molecule has 0 amide bonds. The smallest absolute Gasteiger partial charge is 0.389 e. The zero-order chi connectivity index (χ0) is 28.0. The van der Waals surface area contributed by atoms with Gasteiger partial charge in [-0.1, -0.05) is 5.92 Å². The summed E-state index contributed by atoms with van der Waals surface area (Å²) in [5.74, 6) is 1.94. The van der Waals surface area contributed by atoms with Crippen LogP contribution in [0.1, 0.15) is 19.6 Å². The molecule has 22 heteroatoms. The summed E-state index contributed by atoms with van der Waals surface area (Å²) in [5, 5.41) is 10.1. The number of phosphoric acid groups is 3. The second-order valence-electron chi connectivity index (χ2n) is 6.46. The van der Waals surface area contributed by atoms with Crippen LogP contribution >= 0.6 is 23.5 Å². The summed E-state index contributed by atoms with van der Waals surface area (Å²) in [6.07, 6.45) is 6.66. The van der Waals surface area contributed by atoms with E-state index < -0.39 is 47.2 Å². The number of hydrogen-bond donors (Lipinski definition) is 11. The molecule has 0 saturated carbocycles. The molecule has 35 heavy (non-hydrogen) atoms. The van der Waals surface area contributed by atoms with Gasteiger partial charge >= 0.3 is 23.5 Å². The van der Waals surface area contributed by atoms with E-state index in [2.05, 4.69) is 15.9 Å². The van der Waals surface area contributed by atoms with E-state index >= 15 is 0 Å². The molecule has 3 atom stereocenters. The van der Waals surface area contributed by atoms with Gasteiger partial charge in [0.05, 0.1) is 11.5 Å². The number of fused-ring (bicyclic) bond motifs is 1. The summed E-state index contributed by atoms with van der Waals surface area (Å²) in [6, 6.07) is 0. The predicted molar refractivity (Wildman–Crippen MR) is 113 cm³/mol. The largest absolute Gasteiger partial charge is 0.466 e. The minimum atomic E-state index is -4.64. The third-order valence-electron chi connectivity index (χ3n) is 3.63. The van der Waals surface area contributed by atoms with E-state index in [4.69, 9.17) is 74.6 Å². The first-order valence-corrected chi connectivity index (χ1v) is 13.1. The van der Waals surface area contributed by atoms with Gasteiger partial charge in [-0.3, -0.25) is 0 Å². The zero-order valence-corrected chi connectivity index (χ0v) is 20.0. The van der Waals surface area contributed by atoms with Gasteiger partial charge in [-0.15, -0.1) is 6.42 Å². The molecule has 1 aliphatic heterocycles. The highest BCUT2D eigenvalue weighted by atomic mass is 31.2. The zero-order valence-electron chi connectivity index (χ0n) is 17.3. The molecule has 3 rings (SSSR count). The Morgan fingerprint density at radius 3 is 1.89 bits per heavy atom. The molecule has 2 aromatic rings. The molecule has 0 bridgehead atoms. The van der Waals surface area contributed by atoms with Gasteiger partial charge in [-0.2, -0.15) is 0 Å². The maximum absolute atomic E-state index is 14.0. The lowest BCUT2D eigenvalue weighted by molar-refractivity contribution is -0.0513. The van der Waals surface area contributed by atoms with Crippen molar-refractivity contribution in [2.24, 2.45) is 0 Å². The van der Waals surface area contributed by atoms with Gasteiger partial charge in [0.2, 0.25) is 0 Å². The molecule has 1 aliphatic rings. The van der Waals surface area contributed by atoms with E-state index in [1.54, 1.807) is 6.92 Å². The third-order valence-corrected chi connectivity index (χ3v) is 3.63. The van der Waals surface area contributed by atoms with Crippen molar-refractivity contribution in [3.05, 3.63) is 18.3 Å². The van der Waals surface area contributed by atoms with Crippen molar-refractivity contribution >= 4 is 40.3 Å². The van der Waals surface area contributed by atoms with E-state index in [0.717, 1.165) is 0 Å². The number of terminal acetylenes is 1. The normalized spacial score (nSPS) is 22.0. The van der Waals surface area contributed by atoms with E-state index in [9.17, 15) is 9.50 Å². The number of aliphatic hydroxyl groups is 1. The average molecular weight is 570 g/mol. The average Bonchev–Trinajstić information content (AvgIpc) is 3.09. The van der Waals surface area contributed by atoms with Crippen LogP contribution in [0.25, 0.3) is 11.0 Å². The molecule has 18 nitrogen and oxygen atoms in total. The molecule has 1 saturated heterocycles. The van der Waals surface area contributed by atoms with Crippen molar-refractivity contribution in [1.82, 2.24) is 14.5 Å². The van der Waals surface area contributed by atoms with Gasteiger partial charge in [0.1, 0.15) is 18.4 Å². The minimum absolute atomic E-state index is 0.0597. The molecule has 1 fully saturated rings. The summed E-state index contributed by atoms with van der Waals surface area (Å²) in [6.45, 7) is 1.61. The molecule has 0 spiro atoms. The molecule has 0 aliphatic carbocycles. The van der Waals surface area contributed by atoms with Crippen molar-refractivity contribution in [1.29, 1.82) is 0 Å². The molecule has 12 N–H and O–H groups in total. The Labute approximate surface area is 195 Å². The van der Waals surface area contributed by atoms with Crippen LogP contribution in [0.2, 0.25) is 0 Å². The van der Waals surface area contributed by atoms with Crippen molar-refractivity contribution in [3.8, 4) is 12.3 Å². The second-order valence-corrected chi connectivity index (χ2v) is 9.54. The minimum Gasteiger partial charge on any atom is -0.389 e. The molecule has 3 heterocycles. The highest BCUT2D eigenvalue weighted by Gasteiger charge is 2.44. The molecule has 0 unspecified atom stereocenters. The van der Waals surface area contributed by atoms with E-state index in [0.29, 0.717) is 5.65 Å². The molecule has 0 aromatic carbocycles. The van der Waals surface area contributed by atoms with Crippen LogP contribution in [-0.2, 0) is 18.4 Å². The maximum atomic E-state index is 14.0. The summed E-state index contributed by atoms with van der Waals surface area (Å²) >= 11 is 0. The van der Waals surface area contributed by atoms with Crippen molar-refractivity contribution in [2.75, 3.05) is 5.73 Å². The van der Waals surface area contributed by atoms with Gasteiger partial charge in [-0.25, -0.2) is 28.1 Å². The standard InChI is InChI=1S/C13H13FN4O2.3H3O4P/c1-3-13(2)8(19)4-9(20-13)18-5-7(14)10-11(15)16-6-17-12(10)18;3*1-5(2,3)4/h1,5-6,8-9,19H,4H2,2H3,(H2,15,16,17);3*(H3,1,2,3,4)/t8-,9+,13+;;;/m0.../s1. The number of rotatable bonds is 1. The van der Waals surface area contributed by atoms with Crippen LogP contribution in [0.15, 0.2) is 12.5 Å². The predicted octanol–water partition coefficient (Wildman–Crippen LogP) is -1.96. The monoisotopic (exact) mass is 570 g/mol. The number of anilines is 1. The fourth-order valence-corrected chi connectivity index (χ4v) is 2.41. The summed E-state index contributed by atoms with van der Waals surface area (Å²) in [4.78, 5) is 72.5. The number of nitrogens with two attached hydrogens (primary N) is 1. The Kier molecular flexibility index (Phi) is 11.8. The van der Waals surface area contributed by atoms with Crippen LogP contribution in [0.5, 0.6) is 0 Å². The lowest BCUT2D eigenvalue weighted by atomic mass is 10.0. The van der Waals surface area contributed by atoms with E-state index in [1.807, 2.05) is 0 Å². The highest BCUT2D eigenvalue weighted by molar-refractivity contribution is 7.45. The molecule has 200 valence electrons. The summed E-state index contributed by atoms with van der Waals surface area (Å²) < 4.78 is 47.7. The van der Waals surface area contributed by atoms with E-state index in [1.165, 1.54) is 17.1 Å². The number of hydrogen-bond acceptors (Lipinski definition) is 8. The molecular formula is C13H22FN4O14P3. The number of aliphatic hydroxyl groups excluding tert-OH is 1. The van der Waals surface area contributed by atoms with Crippen LogP contribution in [-0.4, -0.2) is 75.4 Å². The van der Waals surface area contributed by atoms with Crippen molar-refractivity contribution < 1.29 is 72.0 Å². The van der Waals surface area contributed by atoms with Crippen LogP contribution in [0.4, 0.5) is 10.2 Å². The Morgan fingerprint density at radius 1 is 1.09 bits per heavy atom. The number of nitrogens with zero attached hydrogens (tertiary/aromatic N) is 3. The van der Waals surface area contributed by atoms with Gasteiger partial charge < -0.3 is 64.2 Å². The number of halogens is 1. The first-order chi connectivity index (χ1) is 15.5. The molecule has 2 aromatic heterocycles. The lowest BCUT2D eigenvalue weighted by Gasteiger charge is -2.21. The number of ether oxygens (including phenoxy) is 1. The van der Waals surface area contributed by atoms with Crippen molar-refractivity contribution in [3.63, 3.8) is 0 Å². The van der Waals surface area contributed by atoms with Crippen LogP contribution in [0, 0.1) is 18.2 Å². The Hall–Kier alpha value is -1.84. The SMILES string of the molecule is C#C[C@@]1(C)O[C@@H](n2cc(F)c3c(N)ncnc32)C[C@@H]1O.O=P(O)(O)O.O=P(O)(O)O.O=P(O)(O)O. The molecule has 0 radical (unpaired) electrons. The number of nitrogen functional groups attached to an aromatic ring is 1.